The molecule has 1 heterocycles. The molecule has 1 aliphatic carbocycles. The Morgan fingerprint density at radius 2 is 2.29 bits per heavy atom. The van der Waals surface area contributed by atoms with Gasteiger partial charge in [0.2, 0.25) is 0 Å². The predicted octanol–water partition coefficient (Wildman–Crippen LogP) is 3.31. The monoisotopic (exact) mass is 354 g/mol. The van der Waals surface area contributed by atoms with Crippen molar-refractivity contribution in [1.29, 1.82) is 0 Å². The molecule has 0 amide bonds. The van der Waals surface area contributed by atoms with Crippen LogP contribution in [-0.4, -0.2) is 19.3 Å². The third kappa shape index (κ3) is 2.97. The van der Waals surface area contributed by atoms with Crippen LogP contribution in [0.3, 0.4) is 0 Å². The minimum Gasteiger partial charge on any atom is -0.496 e. The highest BCUT2D eigenvalue weighted by Crippen LogP contribution is 2.47. The van der Waals surface area contributed by atoms with Crippen molar-refractivity contribution in [2.45, 2.75) is 43.7 Å². The number of benzene rings is 1. The van der Waals surface area contributed by atoms with Gasteiger partial charge in [0.15, 0.2) is 0 Å². The van der Waals surface area contributed by atoms with Gasteiger partial charge in [-0.3, -0.25) is 11.3 Å². The summed E-state index contributed by atoms with van der Waals surface area (Å²) in [5.74, 6) is 7.23. The van der Waals surface area contributed by atoms with E-state index in [2.05, 4.69) is 33.5 Å². The lowest BCUT2D eigenvalue weighted by Gasteiger charge is -2.48. The minimum absolute atomic E-state index is 0.141. The largest absolute Gasteiger partial charge is 0.496 e. The van der Waals surface area contributed by atoms with E-state index >= 15 is 0 Å². The lowest BCUT2D eigenvalue weighted by molar-refractivity contribution is -0.147. The first-order valence-corrected chi connectivity index (χ1v) is 8.40. The zero-order valence-corrected chi connectivity index (χ0v) is 14.0. The molecule has 3 N–H and O–H groups in total. The Kier molecular flexibility index (Phi) is 4.54. The number of halogens is 1. The van der Waals surface area contributed by atoms with Crippen molar-refractivity contribution >= 4 is 15.9 Å². The third-order valence-corrected chi connectivity index (χ3v) is 5.60. The fraction of sp³-hybridized carbons (Fsp3) is 0.625. The maximum Gasteiger partial charge on any atom is 0.133 e. The SMILES string of the molecule is COc1ccc(C(NN)C2CCOC3(CCC3)C2)cc1Br. The molecule has 1 aromatic rings. The lowest BCUT2D eigenvalue weighted by atomic mass is 9.70. The van der Waals surface area contributed by atoms with Crippen LogP contribution >= 0.6 is 15.9 Å². The standard InChI is InChI=1S/C16H23BrN2O2/c1-20-14-4-3-11(9-13(14)17)15(19-18)12-5-8-21-16(10-12)6-2-7-16/h3-4,9,12,15,19H,2,5-8,10,18H2,1H3. The summed E-state index contributed by atoms with van der Waals surface area (Å²) < 4.78 is 12.3. The Hall–Kier alpha value is -0.620. The van der Waals surface area contributed by atoms with E-state index in [4.69, 9.17) is 15.3 Å². The first-order valence-electron chi connectivity index (χ1n) is 7.61. The van der Waals surface area contributed by atoms with Gasteiger partial charge in [-0.15, -0.1) is 0 Å². The van der Waals surface area contributed by atoms with Gasteiger partial charge < -0.3 is 9.47 Å². The van der Waals surface area contributed by atoms with E-state index in [0.717, 1.165) is 29.7 Å². The van der Waals surface area contributed by atoms with Crippen LogP contribution in [0.5, 0.6) is 5.75 Å². The van der Waals surface area contributed by atoms with Crippen LogP contribution in [0.2, 0.25) is 0 Å². The Labute approximate surface area is 134 Å². The summed E-state index contributed by atoms with van der Waals surface area (Å²) in [6.07, 6.45) is 5.85. The minimum atomic E-state index is 0.141. The molecule has 1 aliphatic heterocycles. The molecule has 2 aliphatic rings. The van der Waals surface area contributed by atoms with Crippen molar-refractivity contribution in [1.82, 2.24) is 5.43 Å². The van der Waals surface area contributed by atoms with E-state index in [9.17, 15) is 0 Å². The van der Waals surface area contributed by atoms with E-state index in [-0.39, 0.29) is 11.6 Å². The summed E-state index contributed by atoms with van der Waals surface area (Å²) in [4.78, 5) is 0. The molecular formula is C16H23BrN2O2. The summed E-state index contributed by atoms with van der Waals surface area (Å²) in [6.45, 7) is 0.847. The third-order valence-electron chi connectivity index (χ3n) is 4.98. The number of hydrazine groups is 1. The van der Waals surface area contributed by atoms with Crippen LogP contribution in [0.15, 0.2) is 22.7 Å². The van der Waals surface area contributed by atoms with Crippen LogP contribution in [0, 0.1) is 5.92 Å². The Morgan fingerprint density at radius 3 is 2.86 bits per heavy atom. The molecular weight excluding hydrogens is 332 g/mol. The number of hydrogen-bond donors (Lipinski definition) is 2. The van der Waals surface area contributed by atoms with Crippen molar-refractivity contribution in [2.75, 3.05) is 13.7 Å². The van der Waals surface area contributed by atoms with Gasteiger partial charge in [-0.1, -0.05) is 6.07 Å². The Bertz CT molecular complexity index is 505. The highest BCUT2D eigenvalue weighted by Gasteiger charge is 2.44. The molecule has 21 heavy (non-hydrogen) atoms. The van der Waals surface area contributed by atoms with Gasteiger partial charge in [-0.2, -0.15) is 0 Å². The topological polar surface area (TPSA) is 56.5 Å². The zero-order valence-electron chi connectivity index (χ0n) is 12.4. The molecule has 1 saturated heterocycles. The van der Waals surface area contributed by atoms with Gasteiger partial charge in [0.25, 0.3) is 0 Å². The molecule has 5 heteroatoms. The summed E-state index contributed by atoms with van der Waals surface area (Å²) >= 11 is 3.56. The molecule has 2 fully saturated rings. The van der Waals surface area contributed by atoms with Gasteiger partial charge in [0.1, 0.15) is 5.75 Å². The maximum absolute atomic E-state index is 6.02. The molecule has 2 atom stereocenters. The number of nitrogens with one attached hydrogen (secondary N) is 1. The molecule has 2 unspecified atom stereocenters. The van der Waals surface area contributed by atoms with Crippen LogP contribution in [0.1, 0.15) is 43.7 Å². The first kappa shape index (κ1) is 15.3. The highest BCUT2D eigenvalue weighted by atomic mass is 79.9. The van der Waals surface area contributed by atoms with Crippen molar-refractivity contribution in [3.63, 3.8) is 0 Å². The first-order chi connectivity index (χ1) is 10.2. The van der Waals surface area contributed by atoms with E-state index in [1.165, 1.54) is 24.8 Å². The predicted molar refractivity (Wildman–Crippen MR) is 86.0 cm³/mol. The highest BCUT2D eigenvalue weighted by molar-refractivity contribution is 9.10. The molecule has 1 saturated carbocycles. The quantitative estimate of drug-likeness (QED) is 0.643. The van der Waals surface area contributed by atoms with E-state index in [0.29, 0.717) is 5.92 Å². The molecule has 3 rings (SSSR count). The number of ether oxygens (including phenoxy) is 2. The molecule has 0 aromatic heterocycles. The number of rotatable bonds is 4. The van der Waals surface area contributed by atoms with E-state index < -0.39 is 0 Å². The molecule has 1 spiro atoms. The van der Waals surface area contributed by atoms with Gasteiger partial charge in [0.05, 0.1) is 17.2 Å². The van der Waals surface area contributed by atoms with Gasteiger partial charge in [-0.05, 0) is 71.6 Å². The van der Waals surface area contributed by atoms with E-state index in [1.807, 2.05) is 6.07 Å². The second-order valence-corrected chi connectivity index (χ2v) is 7.03. The van der Waals surface area contributed by atoms with Gasteiger partial charge in [0, 0.05) is 12.6 Å². The van der Waals surface area contributed by atoms with Crippen LogP contribution in [0.4, 0.5) is 0 Å². The summed E-state index contributed by atoms with van der Waals surface area (Å²) in [5.41, 5.74) is 4.36. The van der Waals surface area contributed by atoms with Crippen LogP contribution < -0.4 is 16.0 Å². The van der Waals surface area contributed by atoms with Gasteiger partial charge in [-0.25, -0.2) is 0 Å². The van der Waals surface area contributed by atoms with Crippen LogP contribution in [-0.2, 0) is 4.74 Å². The number of methoxy groups -OCH3 is 1. The molecule has 1 aromatic carbocycles. The normalized spacial score (nSPS) is 25.4. The Morgan fingerprint density at radius 1 is 1.48 bits per heavy atom. The number of hydrogen-bond acceptors (Lipinski definition) is 4. The average molecular weight is 355 g/mol. The fourth-order valence-electron chi connectivity index (χ4n) is 3.65. The Balaban J connectivity index is 1.79. The molecule has 116 valence electrons. The zero-order chi connectivity index (χ0) is 14.9. The lowest BCUT2D eigenvalue weighted by Crippen LogP contribution is -2.48. The van der Waals surface area contributed by atoms with Gasteiger partial charge >= 0.3 is 0 Å². The number of nitrogens with two attached hydrogens (primary N) is 1. The van der Waals surface area contributed by atoms with Crippen LogP contribution in [0.25, 0.3) is 0 Å². The average Bonchev–Trinajstić information content (AvgIpc) is 2.47. The van der Waals surface area contributed by atoms with E-state index in [1.54, 1.807) is 7.11 Å². The summed E-state index contributed by atoms with van der Waals surface area (Å²) in [7, 11) is 1.68. The summed E-state index contributed by atoms with van der Waals surface area (Å²) in [5, 5.41) is 0. The second kappa shape index (κ2) is 6.24. The summed E-state index contributed by atoms with van der Waals surface area (Å²) in [6, 6.07) is 6.35. The fourth-order valence-corrected chi connectivity index (χ4v) is 4.21. The molecule has 0 bridgehead atoms. The van der Waals surface area contributed by atoms with Crippen molar-refractivity contribution in [2.24, 2.45) is 11.8 Å². The molecule has 4 nitrogen and oxygen atoms in total. The van der Waals surface area contributed by atoms with Crippen molar-refractivity contribution < 1.29 is 9.47 Å². The molecule has 0 radical (unpaired) electrons. The maximum atomic E-state index is 6.02. The van der Waals surface area contributed by atoms with Crippen molar-refractivity contribution in [3.8, 4) is 5.75 Å². The second-order valence-electron chi connectivity index (χ2n) is 6.18. The smallest absolute Gasteiger partial charge is 0.133 e. The van der Waals surface area contributed by atoms with Crippen molar-refractivity contribution in [3.05, 3.63) is 28.2 Å².